The second kappa shape index (κ2) is 7.54. The summed E-state index contributed by atoms with van der Waals surface area (Å²) in [5.41, 5.74) is 4.95. The molecule has 0 aromatic carbocycles. The highest BCUT2D eigenvalue weighted by molar-refractivity contribution is 5.73. The minimum atomic E-state index is -2.05. The maximum Gasteiger partial charge on any atom is 0.217 e. The molecule has 0 radical (unpaired) electrons. The Morgan fingerprint density at radius 1 is 1.33 bits per heavy atom. The molecule has 0 aliphatic carbocycles. The summed E-state index contributed by atoms with van der Waals surface area (Å²) >= 11 is 0. The summed E-state index contributed by atoms with van der Waals surface area (Å²) in [4.78, 5) is 10.5. The third-order valence-electron chi connectivity index (χ3n) is 2.47. The van der Waals surface area contributed by atoms with Crippen molar-refractivity contribution in [1.29, 1.82) is 0 Å². The zero-order valence-corrected chi connectivity index (χ0v) is 8.89. The van der Waals surface area contributed by atoms with Gasteiger partial charge in [0.25, 0.3) is 0 Å². The molecule has 0 saturated heterocycles. The fourth-order valence-electron chi connectivity index (χ4n) is 1.40. The molecule has 1 amide bonds. The number of halogens is 3. The van der Waals surface area contributed by atoms with Gasteiger partial charge in [-0.25, -0.2) is 13.2 Å². The Morgan fingerprint density at radius 2 is 1.93 bits per heavy atom. The lowest BCUT2D eigenvalue weighted by molar-refractivity contribution is -0.118. The van der Waals surface area contributed by atoms with Crippen LogP contribution in [-0.4, -0.2) is 24.9 Å². The molecule has 0 saturated carbocycles. The maximum atomic E-state index is 13.0. The van der Waals surface area contributed by atoms with Gasteiger partial charge >= 0.3 is 0 Å². The molecule has 15 heavy (non-hydrogen) atoms. The van der Waals surface area contributed by atoms with Crippen LogP contribution in [0.15, 0.2) is 0 Å². The average molecular weight is 225 g/mol. The number of alkyl halides is 3. The number of carbonyl (C=O) groups is 1. The van der Waals surface area contributed by atoms with Crippen molar-refractivity contribution in [1.82, 2.24) is 0 Å². The minimum Gasteiger partial charge on any atom is -0.370 e. The van der Waals surface area contributed by atoms with Crippen molar-refractivity contribution in [2.75, 3.05) is 6.67 Å². The van der Waals surface area contributed by atoms with Gasteiger partial charge in [-0.05, 0) is 18.8 Å². The molecule has 0 aromatic rings. The first-order chi connectivity index (χ1) is 7.01. The normalized spacial score (nSPS) is 17.1. The molecule has 0 rings (SSSR count). The summed E-state index contributed by atoms with van der Waals surface area (Å²) in [5.74, 6) is -0.566. The lowest BCUT2D eigenvalue weighted by atomic mass is 9.93. The van der Waals surface area contributed by atoms with Crippen molar-refractivity contribution in [2.45, 2.75) is 45.0 Å². The van der Waals surface area contributed by atoms with Crippen LogP contribution in [0.25, 0.3) is 0 Å². The first-order valence-corrected chi connectivity index (χ1v) is 5.13. The van der Waals surface area contributed by atoms with Gasteiger partial charge in [0.05, 0.1) is 0 Å². The zero-order chi connectivity index (χ0) is 11.8. The monoisotopic (exact) mass is 225 g/mol. The first kappa shape index (κ1) is 14.3. The number of amides is 1. The fourth-order valence-corrected chi connectivity index (χ4v) is 1.40. The molecule has 0 aliphatic rings. The van der Waals surface area contributed by atoms with E-state index in [4.69, 9.17) is 5.73 Å². The number of carbonyl (C=O) groups excluding carboxylic acids is 1. The molecule has 2 N–H and O–H groups in total. The Labute approximate surface area is 88.0 Å². The Morgan fingerprint density at radius 3 is 2.33 bits per heavy atom. The van der Waals surface area contributed by atoms with Gasteiger partial charge in [0.15, 0.2) is 6.17 Å². The van der Waals surface area contributed by atoms with E-state index in [-0.39, 0.29) is 18.8 Å². The molecule has 90 valence electrons. The smallest absolute Gasteiger partial charge is 0.217 e. The van der Waals surface area contributed by atoms with E-state index < -0.39 is 24.9 Å². The SMILES string of the molecule is CCC(CCC(N)=O)CC(F)C(F)CF. The van der Waals surface area contributed by atoms with Crippen LogP contribution < -0.4 is 5.73 Å². The number of rotatable bonds is 8. The molecular formula is C10H18F3NO. The summed E-state index contributed by atoms with van der Waals surface area (Å²) in [6.07, 6.45) is -2.65. The summed E-state index contributed by atoms with van der Waals surface area (Å²) in [7, 11) is 0. The third-order valence-corrected chi connectivity index (χ3v) is 2.47. The molecular weight excluding hydrogens is 207 g/mol. The van der Waals surface area contributed by atoms with Gasteiger partial charge in [0.1, 0.15) is 12.8 Å². The largest absolute Gasteiger partial charge is 0.370 e. The Bertz CT molecular complexity index is 190. The number of nitrogens with two attached hydrogens (primary N) is 1. The molecule has 0 aromatic heterocycles. The molecule has 3 atom stereocenters. The molecule has 0 fully saturated rings. The highest BCUT2D eigenvalue weighted by atomic mass is 19.2. The van der Waals surface area contributed by atoms with E-state index in [2.05, 4.69) is 0 Å². The van der Waals surface area contributed by atoms with Gasteiger partial charge in [-0.3, -0.25) is 4.79 Å². The zero-order valence-electron chi connectivity index (χ0n) is 8.89. The van der Waals surface area contributed by atoms with E-state index in [0.29, 0.717) is 12.8 Å². The Hall–Kier alpha value is -0.740. The van der Waals surface area contributed by atoms with Crippen LogP contribution in [0.5, 0.6) is 0 Å². The summed E-state index contributed by atoms with van der Waals surface area (Å²) in [6.45, 7) is 0.522. The number of hydrogen-bond acceptors (Lipinski definition) is 1. The predicted octanol–water partition coefficient (Wildman–Crippen LogP) is 2.31. The van der Waals surface area contributed by atoms with Gasteiger partial charge in [-0.15, -0.1) is 0 Å². The van der Waals surface area contributed by atoms with E-state index in [0.717, 1.165) is 0 Å². The quantitative estimate of drug-likeness (QED) is 0.676. The van der Waals surface area contributed by atoms with Gasteiger partial charge in [-0.2, -0.15) is 0 Å². The van der Waals surface area contributed by atoms with E-state index in [1.54, 1.807) is 0 Å². The summed E-state index contributed by atoms with van der Waals surface area (Å²) < 4.78 is 37.4. The second-order valence-corrected chi connectivity index (χ2v) is 3.70. The fraction of sp³-hybridized carbons (Fsp3) is 0.900. The van der Waals surface area contributed by atoms with Gasteiger partial charge in [-0.1, -0.05) is 13.3 Å². The van der Waals surface area contributed by atoms with Crippen LogP contribution >= 0.6 is 0 Å². The summed E-state index contributed by atoms with van der Waals surface area (Å²) in [5, 5.41) is 0. The van der Waals surface area contributed by atoms with Crippen LogP contribution in [0.3, 0.4) is 0 Å². The standard InChI is InChI=1S/C10H18F3NO/c1-2-7(3-4-10(14)15)5-8(12)9(13)6-11/h7-9H,2-6H2,1H3,(H2,14,15). The molecule has 0 aliphatic heterocycles. The third kappa shape index (κ3) is 6.36. The molecule has 0 bridgehead atoms. The molecule has 5 heteroatoms. The second-order valence-electron chi connectivity index (χ2n) is 3.70. The van der Waals surface area contributed by atoms with E-state index in [1.807, 2.05) is 6.92 Å². The highest BCUT2D eigenvalue weighted by Crippen LogP contribution is 2.22. The van der Waals surface area contributed by atoms with Crippen LogP contribution in [0.1, 0.15) is 32.6 Å². The Balaban J connectivity index is 3.92. The first-order valence-electron chi connectivity index (χ1n) is 5.13. The molecule has 0 heterocycles. The van der Waals surface area contributed by atoms with Crippen molar-refractivity contribution < 1.29 is 18.0 Å². The average Bonchev–Trinajstić information content (AvgIpc) is 2.22. The molecule has 2 nitrogen and oxygen atoms in total. The van der Waals surface area contributed by atoms with Crippen molar-refractivity contribution in [2.24, 2.45) is 11.7 Å². The minimum absolute atomic E-state index is 0.0468. The molecule has 3 unspecified atom stereocenters. The van der Waals surface area contributed by atoms with Gasteiger partial charge in [0.2, 0.25) is 5.91 Å². The summed E-state index contributed by atoms with van der Waals surface area (Å²) in [6, 6.07) is 0. The Kier molecular flexibility index (Phi) is 7.17. The lowest BCUT2D eigenvalue weighted by Gasteiger charge is -2.18. The van der Waals surface area contributed by atoms with Crippen LogP contribution in [0.2, 0.25) is 0 Å². The van der Waals surface area contributed by atoms with Crippen LogP contribution in [-0.2, 0) is 4.79 Å². The van der Waals surface area contributed by atoms with Crippen molar-refractivity contribution in [3.05, 3.63) is 0 Å². The van der Waals surface area contributed by atoms with Gasteiger partial charge < -0.3 is 5.73 Å². The lowest BCUT2D eigenvalue weighted by Crippen LogP contribution is -2.23. The predicted molar refractivity (Wildman–Crippen MR) is 52.6 cm³/mol. The van der Waals surface area contributed by atoms with Crippen molar-refractivity contribution in [3.63, 3.8) is 0 Å². The van der Waals surface area contributed by atoms with E-state index in [1.165, 1.54) is 0 Å². The maximum absolute atomic E-state index is 13.0. The molecule has 0 spiro atoms. The van der Waals surface area contributed by atoms with Crippen LogP contribution in [0.4, 0.5) is 13.2 Å². The number of primary amides is 1. The van der Waals surface area contributed by atoms with E-state index in [9.17, 15) is 18.0 Å². The van der Waals surface area contributed by atoms with Crippen LogP contribution in [0, 0.1) is 5.92 Å². The van der Waals surface area contributed by atoms with Gasteiger partial charge in [0, 0.05) is 6.42 Å². The van der Waals surface area contributed by atoms with E-state index >= 15 is 0 Å². The highest BCUT2D eigenvalue weighted by Gasteiger charge is 2.23. The number of hydrogen-bond donors (Lipinski definition) is 1. The topological polar surface area (TPSA) is 43.1 Å². The van der Waals surface area contributed by atoms with Crippen molar-refractivity contribution >= 4 is 5.91 Å². The van der Waals surface area contributed by atoms with Crippen molar-refractivity contribution in [3.8, 4) is 0 Å².